The molecule has 0 spiro atoms. The van der Waals surface area contributed by atoms with Crippen molar-refractivity contribution in [3.8, 4) is 16.8 Å². The van der Waals surface area contributed by atoms with Crippen molar-refractivity contribution < 1.29 is 9.59 Å². The number of aromatic nitrogens is 4. The number of hydrogen-bond acceptors (Lipinski definition) is 4. The molecule has 1 saturated carbocycles. The van der Waals surface area contributed by atoms with Crippen LogP contribution < -0.4 is 10.6 Å². The van der Waals surface area contributed by atoms with Crippen molar-refractivity contribution in [3.05, 3.63) is 96.4 Å². The summed E-state index contributed by atoms with van der Waals surface area (Å²) in [5, 5.41) is 14.2. The van der Waals surface area contributed by atoms with Crippen LogP contribution in [0.4, 0.5) is 5.95 Å². The molecule has 1 aliphatic carbocycles. The highest BCUT2D eigenvalue weighted by atomic mass is 16.2. The van der Waals surface area contributed by atoms with E-state index in [0.717, 1.165) is 46.3 Å². The molecule has 8 nitrogen and oxygen atoms in total. The molecule has 5 aromatic rings. The SMILES string of the molecule is O=C(CCCc1cn(-c2ccccc2)c(NC(=O)c2cccc(-c3cccc4cn[nH]c34)c2)n1)NC1CC1. The minimum absolute atomic E-state index is 0.0919. The van der Waals surface area contributed by atoms with E-state index in [0.29, 0.717) is 36.8 Å². The minimum atomic E-state index is -0.248. The lowest BCUT2D eigenvalue weighted by molar-refractivity contribution is -0.121. The van der Waals surface area contributed by atoms with Crippen molar-refractivity contribution >= 4 is 28.7 Å². The summed E-state index contributed by atoms with van der Waals surface area (Å²) < 4.78 is 1.88. The smallest absolute Gasteiger partial charge is 0.258 e. The van der Waals surface area contributed by atoms with Crippen molar-refractivity contribution in [2.45, 2.75) is 38.1 Å². The largest absolute Gasteiger partial charge is 0.353 e. The molecule has 0 aliphatic heterocycles. The summed E-state index contributed by atoms with van der Waals surface area (Å²) in [6.45, 7) is 0. The van der Waals surface area contributed by atoms with Gasteiger partial charge in [0.25, 0.3) is 5.91 Å². The van der Waals surface area contributed by atoms with Crippen molar-refractivity contribution in [1.29, 1.82) is 0 Å². The fourth-order valence-corrected chi connectivity index (χ4v) is 4.59. The predicted octanol–water partition coefficient (Wildman–Crippen LogP) is 5.27. The standard InChI is InChI=1S/C30H28N6O2/c37-27(32-23-15-16-23)14-6-10-24-19-36(25-11-2-1-3-12-25)30(33-24)34-29(38)21-8-4-7-20(17-21)26-13-5-9-22-18-31-35-28(22)26/h1-5,7-9,11-13,17-19,23H,6,10,14-16H2,(H,31,35)(H,32,37)(H,33,34,38). The first-order valence-corrected chi connectivity index (χ1v) is 12.9. The molecule has 2 heterocycles. The van der Waals surface area contributed by atoms with Gasteiger partial charge in [-0.1, -0.05) is 48.5 Å². The lowest BCUT2D eigenvalue weighted by Gasteiger charge is -2.10. The van der Waals surface area contributed by atoms with Crippen LogP contribution in [0.5, 0.6) is 0 Å². The maximum atomic E-state index is 13.4. The minimum Gasteiger partial charge on any atom is -0.353 e. The van der Waals surface area contributed by atoms with E-state index in [2.05, 4.69) is 20.8 Å². The zero-order valence-corrected chi connectivity index (χ0v) is 20.9. The van der Waals surface area contributed by atoms with Crippen LogP contribution in [0.2, 0.25) is 0 Å². The summed E-state index contributed by atoms with van der Waals surface area (Å²) in [6.07, 6.45) is 7.68. The molecular weight excluding hydrogens is 476 g/mol. The molecule has 1 fully saturated rings. The van der Waals surface area contributed by atoms with Gasteiger partial charge in [0, 0.05) is 40.9 Å². The van der Waals surface area contributed by atoms with Gasteiger partial charge in [0.05, 0.1) is 17.4 Å². The van der Waals surface area contributed by atoms with Crippen LogP contribution in [0.15, 0.2) is 85.2 Å². The quantitative estimate of drug-likeness (QED) is 0.254. The fourth-order valence-electron chi connectivity index (χ4n) is 4.59. The third kappa shape index (κ3) is 5.20. The lowest BCUT2D eigenvalue weighted by Crippen LogP contribution is -2.25. The second-order valence-electron chi connectivity index (χ2n) is 9.63. The Kier molecular flexibility index (Phi) is 6.44. The van der Waals surface area contributed by atoms with Crippen LogP contribution in [0.25, 0.3) is 27.7 Å². The van der Waals surface area contributed by atoms with Crippen molar-refractivity contribution in [2.24, 2.45) is 0 Å². The number of nitrogens with one attached hydrogen (secondary N) is 3. The summed E-state index contributed by atoms with van der Waals surface area (Å²) in [4.78, 5) is 30.2. The fraction of sp³-hybridized carbons (Fsp3) is 0.200. The summed E-state index contributed by atoms with van der Waals surface area (Å²) in [7, 11) is 0. The van der Waals surface area contributed by atoms with Gasteiger partial charge >= 0.3 is 0 Å². The molecule has 0 unspecified atom stereocenters. The van der Waals surface area contributed by atoms with Gasteiger partial charge in [-0.15, -0.1) is 0 Å². The van der Waals surface area contributed by atoms with Crippen molar-refractivity contribution in [2.75, 3.05) is 5.32 Å². The molecule has 8 heteroatoms. The normalized spacial score (nSPS) is 12.9. The zero-order valence-electron chi connectivity index (χ0n) is 20.9. The van der Waals surface area contributed by atoms with E-state index in [-0.39, 0.29) is 11.8 Å². The van der Waals surface area contributed by atoms with E-state index < -0.39 is 0 Å². The van der Waals surface area contributed by atoms with E-state index in [1.54, 1.807) is 12.3 Å². The Balaban J connectivity index is 1.22. The number of aromatic amines is 1. The predicted molar refractivity (Wildman–Crippen MR) is 147 cm³/mol. The van der Waals surface area contributed by atoms with E-state index in [1.165, 1.54) is 0 Å². The molecule has 2 aromatic heterocycles. The Morgan fingerprint density at radius 3 is 2.68 bits per heavy atom. The Morgan fingerprint density at radius 2 is 1.84 bits per heavy atom. The van der Waals surface area contributed by atoms with Gasteiger partial charge in [-0.05, 0) is 55.5 Å². The Morgan fingerprint density at radius 1 is 1.00 bits per heavy atom. The van der Waals surface area contributed by atoms with E-state index in [4.69, 9.17) is 4.98 Å². The van der Waals surface area contributed by atoms with Crippen LogP contribution in [-0.4, -0.2) is 37.6 Å². The number of carbonyl (C=O) groups excluding carboxylic acids is 2. The van der Waals surface area contributed by atoms with E-state index in [1.807, 2.05) is 77.5 Å². The second-order valence-corrected chi connectivity index (χ2v) is 9.63. The highest BCUT2D eigenvalue weighted by molar-refractivity contribution is 6.05. The molecule has 0 radical (unpaired) electrons. The van der Waals surface area contributed by atoms with Crippen molar-refractivity contribution in [3.63, 3.8) is 0 Å². The maximum absolute atomic E-state index is 13.4. The summed E-state index contributed by atoms with van der Waals surface area (Å²) in [5.41, 5.74) is 5.08. The molecule has 0 bridgehead atoms. The average molecular weight is 505 g/mol. The van der Waals surface area contributed by atoms with E-state index >= 15 is 0 Å². The Hall–Kier alpha value is -4.72. The first-order valence-electron chi connectivity index (χ1n) is 12.9. The van der Waals surface area contributed by atoms with Gasteiger partial charge in [0.2, 0.25) is 11.9 Å². The van der Waals surface area contributed by atoms with Gasteiger partial charge in [0.15, 0.2) is 0 Å². The number of imidazole rings is 1. The van der Waals surface area contributed by atoms with Crippen molar-refractivity contribution in [1.82, 2.24) is 25.1 Å². The average Bonchev–Trinajstić information content (AvgIpc) is 3.46. The molecule has 0 atom stereocenters. The van der Waals surface area contributed by atoms with Gasteiger partial charge in [-0.2, -0.15) is 5.10 Å². The van der Waals surface area contributed by atoms with E-state index in [9.17, 15) is 9.59 Å². The molecule has 0 saturated heterocycles. The Bertz CT molecular complexity index is 1600. The third-order valence-electron chi connectivity index (χ3n) is 6.71. The molecule has 38 heavy (non-hydrogen) atoms. The van der Waals surface area contributed by atoms with Crippen LogP contribution in [-0.2, 0) is 11.2 Å². The molecule has 3 N–H and O–H groups in total. The van der Waals surface area contributed by atoms with Gasteiger partial charge in [-0.25, -0.2) is 4.98 Å². The molecule has 1 aliphatic rings. The van der Waals surface area contributed by atoms with Gasteiger partial charge in [0.1, 0.15) is 0 Å². The number of rotatable bonds is 9. The summed E-state index contributed by atoms with van der Waals surface area (Å²) in [5.74, 6) is 0.288. The maximum Gasteiger partial charge on any atom is 0.258 e. The van der Waals surface area contributed by atoms with Gasteiger partial charge < -0.3 is 5.32 Å². The van der Waals surface area contributed by atoms with Crippen LogP contribution in [0.3, 0.4) is 0 Å². The number of anilines is 1. The number of nitrogens with zero attached hydrogens (tertiary/aromatic N) is 3. The number of carbonyl (C=O) groups is 2. The molecule has 3 aromatic carbocycles. The first kappa shape index (κ1) is 23.7. The lowest BCUT2D eigenvalue weighted by atomic mass is 10.0. The number of aryl methyl sites for hydroxylation is 1. The monoisotopic (exact) mass is 504 g/mol. The van der Waals surface area contributed by atoms with Crippen LogP contribution >= 0.6 is 0 Å². The topological polar surface area (TPSA) is 105 Å². The summed E-state index contributed by atoms with van der Waals surface area (Å²) >= 11 is 0. The molecule has 2 amide bonds. The first-order chi connectivity index (χ1) is 18.6. The molecule has 190 valence electrons. The number of amides is 2. The molecule has 6 rings (SSSR count). The Labute approximate surface area is 220 Å². The second kappa shape index (κ2) is 10.3. The highest BCUT2D eigenvalue weighted by Crippen LogP contribution is 2.28. The number of benzene rings is 3. The zero-order chi connectivity index (χ0) is 25.9. The number of para-hydroxylation sites is 2. The van der Waals surface area contributed by atoms with Gasteiger partial charge in [-0.3, -0.25) is 24.6 Å². The summed E-state index contributed by atoms with van der Waals surface area (Å²) in [6, 6.07) is 23.7. The number of fused-ring (bicyclic) bond motifs is 1. The highest BCUT2D eigenvalue weighted by Gasteiger charge is 2.23. The number of H-pyrrole nitrogens is 1. The number of hydrogen-bond donors (Lipinski definition) is 3. The molecular formula is C30H28N6O2. The van der Waals surface area contributed by atoms with Crippen LogP contribution in [0.1, 0.15) is 41.7 Å². The third-order valence-corrected chi connectivity index (χ3v) is 6.71. The van der Waals surface area contributed by atoms with Crippen LogP contribution in [0, 0.1) is 0 Å².